The molecule has 1 aliphatic rings. The van der Waals surface area contributed by atoms with Crippen LogP contribution in [0.5, 0.6) is 0 Å². The summed E-state index contributed by atoms with van der Waals surface area (Å²) in [6.07, 6.45) is -4.17. The van der Waals surface area contributed by atoms with E-state index in [1.54, 1.807) is 0 Å². The topological polar surface area (TPSA) is 89.4 Å². The molecule has 1 amide bonds. The number of alkyl halides is 2. The Balaban J connectivity index is 2.15. The van der Waals surface area contributed by atoms with E-state index >= 15 is 0 Å². The van der Waals surface area contributed by atoms with Crippen LogP contribution in [0.1, 0.15) is 24.5 Å². The molecule has 2 heterocycles. The lowest BCUT2D eigenvalue weighted by Crippen LogP contribution is -2.53. The number of hydrogen-bond acceptors (Lipinski definition) is 4. The summed E-state index contributed by atoms with van der Waals surface area (Å²) in [6, 6.07) is -0.226. The van der Waals surface area contributed by atoms with Crippen molar-refractivity contribution in [3.8, 4) is 0 Å². The number of nitrogens with one attached hydrogen (secondary N) is 1. The first-order chi connectivity index (χ1) is 8.49. The fraction of sp³-hybridized carbons (Fsp3) is 0.600. The van der Waals surface area contributed by atoms with E-state index < -0.39 is 30.0 Å². The van der Waals surface area contributed by atoms with Crippen LogP contribution in [0.25, 0.3) is 0 Å². The summed E-state index contributed by atoms with van der Waals surface area (Å²) in [6.45, 7) is -0.0586. The van der Waals surface area contributed by atoms with E-state index in [2.05, 4.69) is 5.16 Å². The fourth-order valence-electron chi connectivity index (χ4n) is 2.22. The van der Waals surface area contributed by atoms with Gasteiger partial charge in [-0.2, -0.15) is 5.16 Å². The maximum Gasteiger partial charge on any atom is 0.280 e. The molecule has 1 aromatic heterocycles. The highest BCUT2D eigenvalue weighted by Gasteiger charge is 2.36. The quantitative estimate of drug-likeness (QED) is 0.819. The van der Waals surface area contributed by atoms with Gasteiger partial charge in [-0.3, -0.25) is 4.79 Å². The predicted octanol–water partition coefficient (Wildman–Crippen LogP) is 0.124. The van der Waals surface area contributed by atoms with E-state index in [-0.39, 0.29) is 18.7 Å². The summed E-state index contributed by atoms with van der Waals surface area (Å²) in [5.41, 5.74) is -0.444. The third-order valence-electron chi connectivity index (χ3n) is 3.12. The molecule has 2 rings (SSSR count). The highest BCUT2D eigenvalue weighted by molar-refractivity contribution is 5.63. The molecule has 0 aliphatic carbocycles. The van der Waals surface area contributed by atoms with Gasteiger partial charge in [-0.25, -0.2) is 8.78 Å². The Morgan fingerprint density at radius 2 is 2.33 bits per heavy atom. The average molecular weight is 261 g/mol. The van der Waals surface area contributed by atoms with Gasteiger partial charge in [-0.1, -0.05) is 0 Å². The molecule has 0 aromatic carbocycles. The number of hydrogen-bond donors (Lipinski definition) is 1. The SMILES string of the molecule is O=C([O-])N1CCC(c2cc(=O)[nH]o2)CC1C(F)F. The Morgan fingerprint density at radius 1 is 1.61 bits per heavy atom. The molecule has 1 aliphatic heterocycles. The fourth-order valence-corrected chi connectivity index (χ4v) is 2.22. The molecule has 100 valence electrons. The van der Waals surface area contributed by atoms with Crippen LogP contribution >= 0.6 is 0 Å². The van der Waals surface area contributed by atoms with Crippen molar-refractivity contribution in [2.24, 2.45) is 0 Å². The smallest absolute Gasteiger partial charge is 0.280 e. The highest BCUT2D eigenvalue weighted by atomic mass is 19.3. The first-order valence-corrected chi connectivity index (χ1v) is 5.43. The third-order valence-corrected chi connectivity index (χ3v) is 3.12. The number of nitrogens with zero attached hydrogens (tertiary/aromatic N) is 1. The number of carboxylic acid groups (broad SMARTS) is 1. The number of aromatic amines is 1. The number of carbonyl (C=O) groups is 1. The second-order valence-electron chi connectivity index (χ2n) is 4.20. The van der Waals surface area contributed by atoms with Crippen LogP contribution in [-0.2, 0) is 0 Å². The van der Waals surface area contributed by atoms with Gasteiger partial charge in [0.1, 0.15) is 11.9 Å². The van der Waals surface area contributed by atoms with Crippen molar-refractivity contribution < 1.29 is 23.2 Å². The number of halogens is 2. The zero-order valence-corrected chi connectivity index (χ0v) is 9.27. The zero-order chi connectivity index (χ0) is 13.3. The molecule has 2 atom stereocenters. The Labute approximate surface area is 100 Å². The first kappa shape index (κ1) is 12.6. The molecule has 8 heteroatoms. The van der Waals surface area contributed by atoms with Crippen LogP contribution in [0.2, 0.25) is 0 Å². The molecular weight excluding hydrogens is 250 g/mol. The molecule has 0 radical (unpaired) electrons. The molecule has 18 heavy (non-hydrogen) atoms. The molecule has 1 saturated heterocycles. The van der Waals surface area contributed by atoms with Gasteiger partial charge in [-0.05, 0) is 12.8 Å². The zero-order valence-electron chi connectivity index (χ0n) is 9.27. The minimum Gasteiger partial charge on any atom is -0.530 e. The Hall–Kier alpha value is -1.86. The third kappa shape index (κ3) is 2.36. The predicted molar refractivity (Wildman–Crippen MR) is 53.2 cm³/mol. The van der Waals surface area contributed by atoms with Gasteiger partial charge in [0.25, 0.3) is 12.0 Å². The van der Waals surface area contributed by atoms with E-state index in [4.69, 9.17) is 4.52 Å². The minimum absolute atomic E-state index is 0.0586. The number of likely N-dealkylation sites (tertiary alicyclic amines) is 1. The molecule has 2 unspecified atom stereocenters. The molecule has 0 spiro atoms. The average Bonchev–Trinajstić information content (AvgIpc) is 2.75. The first-order valence-electron chi connectivity index (χ1n) is 5.43. The summed E-state index contributed by atoms with van der Waals surface area (Å²) in [5.74, 6) is -0.109. The number of rotatable bonds is 2. The Morgan fingerprint density at radius 3 is 2.83 bits per heavy atom. The van der Waals surface area contributed by atoms with Crippen LogP contribution < -0.4 is 10.7 Å². The lowest BCUT2D eigenvalue weighted by Gasteiger charge is -2.39. The van der Waals surface area contributed by atoms with E-state index in [0.29, 0.717) is 11.3 Å². The van der Waals surface area contributed by atoms with Crippen molar-refractivity contribution >= 4 is 6.09 Å². The monoisotopic (exact) mass is 261 g/mol. The lowest BCUT2D eigenvalue weighted by molar-refractivity contribution is -0.272. The van der Waals surface area contributed by atoms with Gasteiger partial charge >= 0.3 is 0 Å². The number of amides is 1. The number of piperidine rings is 1. The maximum absolute atomic E-state index is 12.8. The largest absolute Gasteiger partial charge is 0.530 e. The highest BCUT2D eigenvalue weighted by Crippen LogP contribution is 2.33. The Kier molecular flexibility index (Phi) is 3.35. The standard InChI is InChI=1S/C10H12F2N2O4/c11-9(12)6-3-5(1-2-14(6)10(16)17)7-4-8(15)13-18-7/h4-6,9H,1-3H2,(H,13,15)(H,16,17)/p-1. The van der Waals surface area contributed by atoms with Crippen LogP contribution in [0.3, 0.4) is 0 Å². The molecular formula is C10H11F2N2O4-. The van der Waals surface area contributed by atoms with E-state index in [9.17, 15) is 23.5 Å². The van der Waals surface area contributed by atoms with Crippen molar-refractivity contribution in [2.45, 2.75) is 31.2 Å². The van der Waals surface area contributed by atoms with Crippen molar-refractivity contribution in [3.63, 3.8) is 0 Å². The number of H-pyrrole nitrogens is 1. The summed E-state index contributed by atoms with van der Waals surface area (Å²) in [4.78, 5) is 22.3. The summed E-state index contributed by atoms with van der Waals surface area (Å²) >= 11 is 0. The van der Waals surface area contributed by atoms with Crippen LogP contribution in [0.4, 0.5) is 13.6 Å². The van der Waals surface area contributed by atoms with Crippen LogP contribution in [-0.4, -0.2) is 35.2 Å². The maximum atomic E-state index is 12.8. The minimum atomic E-state index is -2.80. The normalized spacial score (nSPS) is 24.5. The van der Waals surface area contributed by atoms with Crippen molar-refractivity contribution in [2.75, 3.05) is 6.54 Å². The molecule has 1 fully saturated rings. The van der Waals surface area contributed by atoms with Crippen molar-refractivity contribution in [3.05, 3.63) is 22.2 Å². The van der Waals surface area contributed by atoms with Crippen LogP contribution in [0, 0.1) is 0 Å². The number of carbonyl (C=O) groups excluding carboxylic acids is 1. The summed E-state index contributed by atoms with van der Waals surface area (Å²) < 4.78 is 30.4. The van der Waals surface area contributed by atoms with Crippen molar-refractivity contribution in [1.82, 2.24) is 10.1 Å². The van der Waals surface area contributed by atoms with Crippen molar-refractivity contribution in [1.29, 1.82) is 0 Å². The number of aromatic nitrogens is 1. The molecule has 1 aromatic rings. The van der Waals surface area contributed by atoms with Gasteiger partial charge in [0.05, 0.1) is 6.04 Å². The van der Waals surface area contributed by atoms with E-state index in [1.807, 2.05) is 0 Å². The van der Waals surface area contributed by atoms with Gasteiger partial charge in [-0.15, -0.1) is 0 Å². The summed E-state index contributed by atoms with van der Waals surface area (Å²) in [5, 5.41) is 12.8. The van der Waals surface area contributed by atoms with Gasteiger partial charge < -0.3 is 19.3 Å². The van der Waals surface area contributed by atoms with Gasteiger partial charge in [0, 0.05) is 18.5 Å². The van der Waals surface area contributed by atoms with Crippen LogP contribution in [0.15, 0.2) is 15.4 Å². The second-order valence-corrected chi connectivity index (χ2v) is 4.20. The molecule has 0 bridgehead atoms. The van der Waals surface area contributed by atoms with Gasteiger partial charge in [0.2, 0.25) is 0 Å². The summed E-state index contributed by atoms with van der Waals surface area (Å²) in [7, 11) is 0. The van der Waals surface area contributed by atoms with Gasteiger partial charge in [0.15, 0.2) is 0 Å². The van der Waals surface area contributed by atoms with E-state index in [0.717, 1.165) is 0 Å². The molecule has 1 N–H and O–H groups in total. The molecule has 0 saturated carbocycles. The second kappa shape index (κ2) is 4.79. The van der Waals surface area contributed by atoms with E-state index in [1.165, 1.54) is 6.07 Å². The lowest BCUT2D eigenvalue weighted by atomic mass is 9.89. The Bertz CT molecular complexity index is 484. The molecule has 6 nitrogen and oxygen atoms in total.